The number of amides is 2. The highest BCUT2D eigenvalue weighted by atomic mass is 16.4. The SMILES string of the molecule is Cc1cc(C)c(CNC(=O)c2cc(-c3ccc(CN(C)C)nc3)cc(N(C)[C@H]3CC[C@H](N(C(=O)O)C(C)(C)C)CC3)c2C)c(=O)[nH]1. The van der Waals surface area contributed by atoms with E-state index in [9.17, 15) is 19.5 Å². The summed E-state index contributed by atoms with van der Waals surface area (Å²) >= 11 is 0. The Morgan fingerprint density at radius 1 is 0.978 bits per heavy atom. The fourth-order valence-corrected chi connectivity index (χ4v) is 6.74. The molecule has 0 bridgehead atoms. The third-order valence-electron chi connectivity index (χ3n) is 9.07. The summed E-state index contributed by atoms with van der Waals surface area (Å²) in [5.74, 6) is -0.253. The van der Waals surface area contributed by atoms with Gasteiger partial charge < -0.3 is 30.1 Å². The topological polar surface area (TPSA) is 122 Å². The molecule has 1 aromatic carbocycles. The summed E-state index contributed by atoms with van der Waals surface area (Å²) in [4.78, 5) is 52.0. The lowest BCUT2D eigenvalue weighted by Gasteiger charge is -2.44. The van der Waals surface area contributed by atoms with E-state index in [0.717, 1.165) is 71.6 Å². The Labute approximate surface area is 272 Å². The molecule has 248 valence electrons. The minimum atomic E-state index is -0.878. The second-order valence-electron chi connectivity index (χ2n) is 14.0. The number of carboxylic acid groups (broad SMARTS) is 1. The molecule has 10 heteroatoms. The summed E-state index contributed by atoms with van der Waals surface area (Å²) in [7, 11) is 6.07. The van der Waals surface area contributed by atoms with Gasteiger partial charge in [0, 0.05) is 72.0 Å². The van der Waals surface area contributed by atoms with Gasteiger partial charge in [0.05, 0.1) is 5.69 Å². The number of nitrogens with one attached hydrogen (secondary N) is 2. The van der Waals surface area contributed by atoms with Crippen molar-refractivity contribution in [2.24, 2.45) is 0 Å². The molecule has 10 nitrogen and oxygen atoms in total. The molecule has 2 amide bonds. The summed E-state index contributed by atoms with van der Waals surface area (Å²) in [5, 5.41) is 12.9. The molecule has 1 aliphatic rings. The van der Waals surface area contributed by atoms with Gasteiger partial charge in [-0.1, -0.05) is 6.07 Å². The predicted molar refractivity (Wildman–Crippen MR) is 184 cm³/mol. The number of pyridine rings is 2. The number of hydrogen-bond donors (Lipinski definition) is 3. The zero-order valence-electron chi connectivity index (χ0n) is 28.8. The minimum Gasteiger partial charge on any atom is -0.465 e. The van der Waals surface area contributed by atoms with Crippen LogP contribution in [-0.2, 0) is 13.1 Å². The van der Waals surface area contributed by atoms with Gasteiger partial charge in [-0.2, -0.15) is 0 Å². The molecule has 0 saturated heterocycles. The first-order chi connectivity index (χ1) is 21.6. The van der Waals surface area contributed by atoms with Crippen LogP contribution < -0.4 is 15.8 Å². The molecule has 0 radical (unpaired) electrons. The normalized spacial score (nSPS) is 16.7. The van der Waals surface area contributed by atoms with E-state index in [1.165, 1.54) is 0 Å². The van der Waals surface area contributed by atoms with Crippen LogP contribution in [0.5, 0.6) is 0 Å². The molecule has 0 atom stereocenters. The Balaban J connectivity index is 1.66. The number of hydrogen-bond acceptors (Lipinski definition) is 6. The zero-order chi connectivity index (χ0) is 33.9. The Kier molecular flexibility index (Phi) is 10.6. The number of H-pyrrole nitrogens is 1. The van der Waals surface area contributed by atoms with Gasteiger partial charge in [-0.3, -0.25) is 14.6 Å². The molecular weight excluding hydrogens is 580 g/mol. The van der Waals surface area contributed by atoms with Gasteiger partial charge in [0.25, 0.3) is 11.5 Å². The molecule has 1 aliphatic carbocycles. The van der Waals surface area contributed by atoms with Gasteiger partial charge in [0.15, 0.2) is 0 Å². The monoisotopic (exact) mass is 630 g/mol. The number of carbonyl (C=O) groups is 2. The summed E-state index contributed by atoms with van der Waals surface area (Å²) in [6.45, 7) is 12.4. The van der Waals surface area contributed by atoms with Crippen LogP contribution in [0.3, 0.4) is 0 Å². The molecule has 2 aromatic heterocycles. The third kappa shape index (κ3) is 7.96. The predicted octanol–water partition coefficient (Wildman–Crippen LogP) is 5.88. The van der Waals surface area contributed by atoms with Crippen molar-refractivity contribution >= 4 is 17.7 Å². The molecule has 0 unspecified atom stereocenters. The highest BCUT2D eigenvalue weighted by Crippen LogP contribution is 2.36. The average Bonchev–Trinajstić information content (AvgIpc) is 2.96. The molecule has 3 N–H and O–H groups in total. The van der Waals surface area contributed by atoms with Crippen LogP contribution in [0, 0.1) is 20.8 Å². The Bertz CT molecular complexity index is 1620. The average molecular weight is 631 g/mol. The van der Waals surface area contributed by atoms with Crippen LogP contribution in [0.4, 0.5) is 10.5 Å². The Morgan fingerprint density at radius 3 is 2.17 bits per heavy atom. The number of rotatable bonds is 9. The number of carbonyl (C=O) groups excluding carboxylic acids is 1. The first kappa shape index (κ1) is 34.7. The van der Waals surface area contributed by atoms with E-state index in [1.54, 1.807) is 4.90 Å². The van der Waals surface area contributed by atoms with Crippen LogP contribution in [0.2, 0.25) is 0 Å². The largest absolute Gasteiger partial charge is 0.465 e. The maximum absolute atomic E-state index is 13.8. The smallest absolute Gasteiger partial charge is 0.407 e. The first-order valence-corrected chi connectivity index (χ1v) is 16.0. The quantitative estimate of drug-likeness (QED) is 0.270. The van der Waals surface area contributed by atoms with Crippen LogP contribution in [0.1, 0.15) is 84.9 Å². The maximum atomic E-state index is 13.8. The summed E-state index contributed by atoms with van der Waals surface area (Å²) in [5.41, 5.74) is 6.55. The molecule has 0 aliphatic heterocycles. The van der Waals surface area contributed by atoms with Crippen molar-refractivity contribution in [1.29, 1.82) is 0 Å². The van der Waals surface area contributed by atoms with Crippen molar-refractivity contribution in [1.82, 2.24) is 25.1 Å². The lowest BCUT2D eigenvalue weighted by atomic mass is 9.86. The molecule has 46 heavy (non-hydrogen) atoms. The van der Waals surface area contributed by atoms with Crippen LogP contribution in [-0.4, -0.2) is 75.6 Å². The molecular formula is C36H50N6O4. The summed E-state index contributed by atoms with van der Waals surface area (Å²) in [6, 6.07) is 10.1. The summed E-state index contributed by atoms with van der Waals surface area (Å²) < 4.78 is 0. The van der Waals surface area contributed by atoms with Gasteiger partial charge in [-0.15, -0.1) is 0 Å². The van der Waals surface area contributed by atoms with Crippen LogP contribution in [0.15, 0.2) is 41.3 Å². The fraction of sp³-hybridized carbons (Fsp3) is 0.500. The third-order valence-corrected chi connectivity index (χ3v) is 9.07. The van der Waals surface area contributed by atoms with Gasteiger partial charge in [-0.25, -0.2) is 4.79 Å². The molecule has 4 rings (SSSR count). The first-order valence-electron chi connectivity index (χ1n) is 16.0. The van der Waals surface area contributed by atoms with E-state index in [1.807, 2.05) is 86.1 Å². The highest BCUT2D eigenvalue weighted by molar-refractivity contribution is 5.99. The molecule has 2 heterocycles. The number of nitrogens with zero attached hydrogens (tertiary/aromatic N) is 4. The van der Waals surface area contributed by atoms with E-state index in [-0.39, 0.29) is 30.1 Å². The van der Waals surface area contributed by atoms with Crippen molar-refractivity contribution < 1.29 is 14.7 Å². The standard InChI is InChI=1S/C36H50N6O4/c1-22-16-23(2)39-34(44)31(22)20-38-33(43)30-17-26(25-10-11-27(37-19-25)21-40(7)8)18-32(24(30)3)41(9)28-12-14-29(15-13-28)42(35(45)46)36(4,5)6/h10-11,16-19,28-29H,12-15,20-21H2,1-9H3,(H,38,43)(H,39,44)(H,45,46)/t28-,29-. The zero-order valence-corrected chi connectivity index (χ0v) is 28.8. The van der Waals surface area contributed by atoms with E-state index in [4.69, 9.17) is 0 Å². The maximum Gasteiger partial charge on any atom is 0.407 e. The van der Waals surface area contributed by atoms with Crippen molar-refractivity contribution in [2.75, 3.05) is 26.0 Å². The lowest BCUT2D eigenvalue weighted by molar-refractivity contribution is 0.0547. The highest BCUT2D eigenvalue weighted by Gasteiger charge is 2.36. The van der Waals surface area contributed by atoms with Crippen molar-refractivity contribution in [3.05, 3.63) is 80.5 Å². The van der Waals surface area contributed by atoms with Crippen molar-refractivity contribution in [3.8, 4) is 11.1 Å². The van der Waals surface area contributed by atoms with Crippen molar-refractivity contribution in [3.63, 3.8) is 0 Å². The number of anilines is 1. The minimum absolute atomic E-state index is 0.0314. The van der Waals surface area contributed by atoms with Gasteiger partial charge >= 0.3 is 6.09 Å². The number of aromatic nitrogens is 2. The Morgan fingerprint density at radius 2 is 1.63 bits per heavy atom. The van der Waals surface area contributed by atoms with Crippen LogP contribution in [0.25, 0.3) is 11.1 Å². The van der Waals surface area contributed by atoms with Crippen molar-refractivity contribution in [2.45, 2.75) is 97.9 Å². The molecule has 0 spiro atoms. The van der Waals surface area contributed by atoms with E-state index >= 15 is 0 Å². The van der Waals surface area contributed by atoms with E-state index in [2.05, 4.69) is 38.2 Å². The summed E-state index contributed by atoms with van der Waals surface area (Å²) in [6.07, 6.45) is 4.18. The van der Waals surface area contributed by atoms with Crippen LogP contribution >= 0.6 is 0 Å². The van der Waals surface area contributed by atoms with Gasteiger partial charge in [0.2, 0.25) is 0 Å². The molecule has 3 aromatic rings. The van der Waals surface area contributed by atoms with E-state index in [0.29, 0.717) is 11.1 Å². The van der Waals surface area contributed by atoms with Gasteiger partial charge in [0.1, 0.15) is 0 Å². The number of benzene rings is 1. The van der Waals surface area contributed by atoms with Gasteiger partial charge in [-0.05, 0) is 122 Å². The molecule has 1 saturated carbocycles. The second-order valence-corrected chi connectivity index (χ2v) is 14.0. The van der Waals surface area contributed by atoms with E-state index < -0.39 is 11.6 Å². The lowest BCUT2D eigenvalue weighted by Crippen LogP contribution is -2.53. The fourth-order valence-electron chi connectivity index (χ4n) is 6.74. The molecule has 1 fully saturated rings. The second kappa shape index (κ2) is 14.1. The number of aryl methyl sites for hydroxylation is 2. The Hall–Kier alpha value is -4.18. The number of aromatic amines is 1.